The van der Waals surface area contributed by atoms with Gasteiger partial charge < -0.3 is 68.0 Å². The minimum absolute atomic E-state index is 0.0282. The molecule has 0 aromatic rings. The fourth-order valence-electron chi connectivity index (χ4n) is 6.79. The molecule has 3 fully saturated rings. The molecule has 2 aliphatic heterocycles. The van der Waals surface area contributed by atoms with E-state index in [0.717, 1.165) is 19.3 Å². The Morgan fingerprint density at radius 1 is 0.660 bits per heavy atom. The molecule has 2 saturated heterocycles. The van der Waals surface area contributed by atoms with Crippen LogP contribution in [-0.2, 0) is 29.7 Å². The van der Waals surface area contributed by atoms with Crippen molar-refractivity contribution in [2.45, 2.75) is 182 Å². The Balaban J connectivity index is 1.46. The molecule has 15 atom stereocenters. The second kappa shape index (κ2) is 21.1. The number of ether oxygens (including phenoxy) is 4. The van der Waals surface area contributed by atoms with E-state index in [1.54, 1.807) is 0 Å². The summed E-state index contributed by atoms with van der Waals surface area (Å²) in [5, 5.41) is 43.0. The van der Waals surface area contributed by atoms with Crippen LogP contribution in [-0.4, -0.2) is 128 Å². The standard InChI is InChI=1S/C32H65N5O9S/c1-2-3-4-5-6-7-8-9-10-11-12-13-14-47(42)18-24-26(39)25(37)27(40)32(44-24)46-30-20(35)15-19(34)29(28(30)41)45-31-21(36)16-22(38)23(17-33)43-31/h19-32,38-41H,2-18,33-37H2,1H3/t19-,20+,21+,22-,23+,24+,25-,26+,27+,28-,29+,30-,31+,32+,47?/m0/s1. The fourth-order valence-corrected chi connectivity index (χ4v) is 8.12. The lowest BCUT2D eigenvalue weighted by atomic mass is 9.84. The number of aliphatic hydroxyl groups excluding tert-OH is 4. The molecule has 15 heteroatoms. The number of hydrogen-bond acceptors (Lipinski definition) is 14. The van der Waals surface area contributed by atoms with Crippen LogP contribution < -0.4 is 28.7 Å². The van der Waals surface area contributed by atoms with Crippen LogP contribution in [0.5, 0.6) is 0 Å². The van der Waals surface area contributed by atoms with E-state index >= 15 is 0 Å². The van der Waals surface area contributed by atoms with E-state index in [1.165, 1.54) is 57.8 Å². The van der Waals surface area contributed by atoms with Gasteiger partial charge in [0.25, 0.3) is 0 Å². The first-order valence-electron chi connectivity index (χ1n) is 17.9. The lowest BCUT2D eigenvalue weighted by Crippen LogP contribution is -2.68. The third-order valence-corrected chi connectivity index (χ3v) is 11.3. The molecule has 0 bridgehead atoms. The summed E-state index contributed by atoms with van der Waals surface area (Å²) in [6, 6.07) is -3.28. The summed E-state index contributed by atoms with van der Waals surface area (Å²) >= 11 is 0. The molecule has 0 aromatic heterocycles. The fraction of sp³-hybridized carbons (Fsp3) is 1.00. The molecule has 3 rings (SSSR count). The van der Waals surface area contributed by atoms with Gasteiger partial charge in [-0.2, -0.15) is 0 Å². The SMILES string of the molecule is CCCCCCCCCCCCCCS(=O)C[C@H]1O[C@H](O[C@@H]2[C@@H](O)[C@H](O[C@H]3O[C@H](CN)[C@@H](O)C[C@H]3N)[C@@H](N)C[C@H]2N)[C@H](O)[C@@H](N)[C@@H]1O. The Bertz CT molecular complexity index is 900. The van der Waals surface area contributed by atoms with Gasteiger partial charge in [-0.3, -0.25) is 4.21 Å². The smallest absolute Gasteiger partial charge is 0.186 e. The van der Waals surface area contributed by atoms with E-state index in [1.807, 2.05) is 0 Å². The first-order chi connectivity index (χ1) is 22.5. The normalized spacial score (nSPS) is 40.4. The molecule has 0 amide bonds. The van der Waals surface area contributed by atoms with Gasteiger partial charge in [-0.15, -0.1) is 0 Å². The van der Waals surface area contributed by atoms with Gasteiger partial charge in [-0.05, 0) is 19.3 Å². The molecule has 278 valence electrons. The van der Waals surface area contributed by atoms with Crippen molar-refractivity contribution in [2.75, 3.05) is 18.1 Å². The Morgan fingerprint density at radius 2 is 1.17 bits per heavy atom. The molecule has 0 spiro atoms. The third kappa shape index (κ3) is 12.4. The lowest BCUT2D eigenvalue weighted by molar-refractivity contribution is -0.310. The number of unbranched alkanes of at least 4 members (excludes halogenated alkanes) is 11. The quantitative estimate of drug-likeness (QED) is 0.0704. The number of rotatable bonds is 20. The maximum Gasteiger partial charge on any atom is 0.186 e. The Labute approximate surface area is 283 Å². The molecular weight excluding hydrogens is 630 g/mol. The van der Waals surface area contributed by atoms with E-state index in [4.69, 9.17) is 47.6 Å². The minimum Gasteiger partial charge on any atom is -0.390 e. The van der Waals surface area contributed by atoms with Crippen molar-refractivity contribution in [2.24, 2.45) is 28.7 Å². The molecule has 2 heterocycles. The van der Waals surface area contributed by atoms with Gasteiger partial charge in [0.2, 0.25) is 0 Å². The van der Waals surface area contributed by atoms with Crippen LogP contribution in [0.2, 0.25) is 0 Å². The Kier molecular flexibility index (Phi) is 18.4. The molecule has 1 unspecified atom stereocenters. The average molecular weight is 696 g/mol. The highest BCUT2D eigenvalue weighted by molar-refractivity contribution is 7.85. The van der Waals surface area contributed by atoms with Crippen molar-refractivity contribution < 1.29 is 43.6 Å². The topological polar surface area (TPSA) is 265 Å². The number of nitrogens with two attached hydrogens (primary N) is 5. The molecular formula is C32H65N5O9S. The first kappa shape index (κ1) is 41.1. The highest BCUT2D eigenvalue weighted by Gasteiger charge is 2.50. The average Bonchev–Trinajstić information content (AvgIpc) is 3.03. The molecule has 47 heavy (non-hydrogen) atoms. The van der Waals surface area contributed by atoms with Crippen LogP contribution in [0.1, 0.15) is 96.8 Å². The van der Waals surface area contributed by atoms with E-state index in [0.29, 0.717) is 5.75 Å². The molecule has 14 N–H and O–H groups in total. The Hall–Kier alpha value is -0.370. The molecule has 1 saturated carbocycles. The second-order valence-electron chi connectivity index (χ2n) is 13.8. The monoisotopic (exact) mass is 695 g/mol. The molecule has 0 radical (unpaired) electrons. The summed E-state index contributed by atoms with van der Waals surface area (Å²) in [4.78, 5) is 0. The van der Waals surface area contributed by atoms with Crippen molar-refractivity contribution in [1.82, 2.24) is 0 Å². The second-order valence-corrected chi connectivity index (χ2v) is 15.4. The third-order valence-electron chi connectivity index (χ3n) is 9.81. The summed E-state index contributed by atoms with van der Waals surface area (Å²) in [6.07, 6.45) is 3.90. The maximum absolute atomic E-state index is 12.9. The van der Waals surface area contributed by atoms with E-state index in [2.05, 4.69) is 6.92 Å². The summed E-state index contributed by atoms with van der Waals surface area (Å²) < 4.78 is 36.6. The van der Waals surface area contributed by atoms with Gasteiger partial charge in [-0.25, -0.2) is 0 Å². The van der Waals surface area contributed by atoms with Crippen molar-refractivity contribution in [1.29, 1.82) is 0 Å². The Morgan fingerprint density at radius 3 is 1.72 bits per heavy atom. The van der Waals surface area contributed by atoms with Crippen molar-refractivity contribution >= 4 is 10.8 Å². The first-order valence-corrected chi connectivity index (χ1v) is 19.4. The lowest BCUT2D eigenvalue weighted by Gasteiger charge is -2.48. The zero-order valence-corrected chi connectivity index (χ0v) is 29.0. The van der Waals surface area contributed by atoms with Gasteiger partial charge in [0.15, 0.2) is 12.6 Å². The van der Waals surface area contributed by atoms with Crippen LogP contribution in [0, 0.1) is 0 Å². The van der Waals surface area contributed by atoms with Crippen molar-refractivity contribution in [3.05, 3.63) is 0 Å². The van der Waals surface area contributed by atoms with E-state index in [9.17, 15) is 24.6 Å². The zero-order valence-electron chi connectivity index (χ0n) is 28.2. The maximum atomic E-state index is 12.9. The highest BCUT2D eigenvalue weighted by Crippen LogP contribution is 2.31. The highest BCUT2D eigenvalue weighted by atomic mass is 32.2. The van der Waals surface area contributed by atoms with E-state index in [-0.39, 0.29) is 25.1 Å². The number of aliphatic hydroxyl groups is 4. The van der Waals surface area contributed by atoms with Crippen LogP contribution >= 0.6 is 0 Å². The van der Waals surface area contributed by atoms with Crippen LogP contribution in [0.3, 0.4) is 0 Å². The van der Waals surface area contributed by atoms with Gasteiger partial charge >= 0.3 is 0 Å². The predicted octanol–water partition coefficient (Wildman–Crippen LogP) is -0.838. The number of hydrogen-bond donors (Lipinski definition) is 9. The van der Waals surface area contributed by atoms with E-state index < -0.39 is 96.4 Å². The predicted molar refractivity (Wildman–Crippen MR) is 180 cm³/mol. The van der Waals surface area contributed by atoms with Crippen LogP contribution in [0.4, 0.5) is 0 Å². The molecule has 14 nitrogen and oxygen atoms in total. The summed E-state index contributed by atoms with van der Waals surface area (Å²) in [7, 11) is -1.28. The van der Waals surface area contributed by atoms with Gasteiger partial charge in [0.05, 0.1) is 42.3 Å². The van der Waals surface area contributed by atoms with Crippen molar-refractivity contribution in [3.63, 3.8) is 0 Å². The van der Waals surface area contributed by atoms with Crippen LogP contribution in [0.25, 0.3) is 0 Å². The largest absolute Gasteiger partial charge is 0.390 e. The molecule has 1 aliphatic carbocycles. The molecule has 3 aliphatic rings. The van der Waals surface area contributed by atoms with Gasteiger partial charge in [0.1, 0.15) is 24.4 Å². The zero-order chi connectivity index (χ0) is 34.5. The minimum atomic E-state index is -1.44. The summed E-state index contributed by atoms with van der Waals surface area (Å²) in [6.45, 7) is 2.29. The van der Waals surface area contributed by atoms with Gasteiger partial charge in [0, 0.05) is 35.2 Å². The summed E-state index contributed by atoms with van der Waals surface area (Å²) in [5.41, 5.74) is 30.6. The summed E-state index contributed by atoms with van der Waals surface area (Å²) in [5.74, 6) is 0.504. The van der Waals surface area contributed by atoms with Gasteiger partial charge in [-0.1, -0.05) is 77.6 Å². The molecule has 0 aromatic carbocycles. The van der Waals surface area contributed by atoms with Crippen molar-refractivity contribution in [3.8, 4) is 0 Å². The van der Waals surface area contributed by atoms with Crippen LogP contribution in [0.15, 0.2) is 0 Å².